The van der Waals surface area contributed by atoms with Gasteiger partial charge >= 0.3 is 0 Å². The molecule has 0 unspecified atom stereocenters. The Balaban J connectivity index is 1.63. The van der Waals surface area contributed by atoms with Crippen LogP contribution in [0.1, 0.15) is 16.1 Å². The van der Waals surface area contributed by atoms with E-state index in [0.717, 1.165) is 5.56 Å². The average molecular weight is 369 g/mol. The third-order valence-electron chi connectivity index (χ3n) is 3.67. The fourth-order valence-electron chi connectivity index (χ4n) is 2.31. The van der Waals surface area contributed by atoms with Crippen LogP contribution in [0.3, 0.4) is 0 Å². The van der Waals surface area contributed by atoms with Gasteiger partial charge in [-0.05, 0) is 35.9 Å². The van der Waals surface area contributed by atoms with Gasteiger partial charge in [-0.25, -0.2) is 0 Å². The second-order valence-electron chi connectivity index (χ2n) is 5.40. The van der Waals surface area contributed by atoms with Crippen LogP contribution in [-0.4, -0.2) is 23.2 Å². The maximum Gasteiger partial charge on any atom is 0.276 e. The van der Waals surface area contributed by atoms with Crippen molar-refractivity contribution in [1.29, 1.82) is 0 Å². The van der Waals surface area contributed by atoms with Crippen molar-refractivity contribution < 1.29 is 9.53 Å². The summed E-state index contributed by atoms with van der Waals surface area (Å²) in [5, 5.41) is 14.6. The number of benzene rings is 2. The van der Waals surface area contributed by atoms with Gasteiger partial charge in [-0.1, -0.05) is 41.9 Å². The molecule has 1 heterocycles. The normalized spacial score (nSPS) is 10.2. The SMILES string of the molecule is COc1ccccc1NC(=O)c1ccc(NCc2ccccc2Cl)nn1. The van der Waals surface area contributed by atoms with Crippen LogP contribution < -0.4 is 15.4 Å². The summed E-state index contributed by atoms with van der Waals surface area (Å²) in [5.41, 5.74) is 1.73. The van der Waals surface area contributed by atoms with Crippen molar-refractivity contribution in [3.63, 3.8) is 0 Å². The van der Waals surface area contributed by atoms with E-state index in [0.29, 0.717) is 28.8 Å². The first-order valence-corrected chi connectivity index (χ1v) is 8.30. The van der Waals surface area contributed by atoms with Crippen molar-refractivity contribution in [2.45, 2.75) is 6.54 Å². The highest BCUT2D eigenvalue weighted by atomic mass is 35.5. The zero-order valence-corrected chi connectivity index (χ0v) is 14.8. The summed E-state index contributed by atoms with van der Waals surface area (Å²) in [6, 6.07) is 18.0. The smallest absolute Gasteiger partial charge is 0.276 e. The molecule has 6 nitrogen and oxygen atoms in total. The Morgan fingerprint density at radius 2 is 1.81 bits per heavy atom. The summed E-state index contributed by atoms with van der Waals surface area (Å²) in [4.78, 5) is 12.3. The Bertz CT molecular complexity index is 900. The minimum Gasteiger partial charge on any atom is -0.495 e. The topological polar surface area (TPSA) is 76.1 Å². The summed E-state index contributed by atoms with van der Waals surface area (Å²) in [6.07, 6.45) is 0. The van der Waals surface area contributed by atoms with Crippen molar-refractivity contribution in [3.8, 4) is 5.75 Å². The van der Waals surface area contributed by atoms with Gasteiger partial charge in [-0.2, -0.15) is 0 Å². The molecule has 0 aliphatic rings. The van der Waals surface area contributed by atoms with Gasteiger partial charge in [-0.3, -0.25) is 4.79 Å². The molecule has 132 valence electrons. The number of anilines is 2. The average Bonchev–Trinajstić information content (AvgIpc) is 2.68. The largest absolute Gasteiger partial charge is 0.495 e. The molecule has 0 saturated heterocycles. The fourth-order valence-corrected chi connectivity index (χ4v) is 2.51. The summed E-state index contributed by atoms with van der Waals surface area (Å²) >= 11 is 6.12. The van der Waals surface area contributed by atoms with Crippen LogP contribution in [0.25, 0.3) is 0 Å². The van der Waals surface area contributed by atoms with E-state index < -0.39 is 0 Å². The van der Waals surface area contributed by atoms with Crippen LogP contribution in [0.5, 0.6) is 5.75 Å². The number of halogens is 1. The third kappa shape index (κ3) is 4.29. The molecule has 0 atom stereocenters. The number of hydrogen-bond donors (Lipinski definition) is 2. The number of methoxy groups -OCH3 is 1. The molecule has 7 heteroatoms. The first kappa shape index (κ1) is 17.7. The van der Waals surface area contributed by atoms with E-state index in [-0.39, 0.29) is 11.6 Å². The van der Waals surface area contributed by atoms with Gasteiger partial charge in [0.1, 0.15) is 11.6 Å². The van der Waals surface area contributed by atoms with Crippen molar-refractivity contribution in [2.75, 3.05) is 17.7 Å². The van der Waals surface area contributed by atoms with E-state index in [1.54, 1.807) is 31.4 Å². The highest BCUT2D eigenvalue weighted by molar-refractivity contribution is 6.31. The molecule has 2 N–H and O–H groups in total. The lowest BCUT2D eigenvalue weighted by Crippen LogP contribution is -2.15. The molecule has 0 bridgehead atoms. The number of ether oxygens (including phenoxy) is 1. The van der Waals surface area contributed by atoms with Crippen LogP contribution >= 0.6 is 11.6 Å². The molecule has 0 fully saturated rings. The third-order valence-corrected chi connectivity index (χ3v) is 4.04. The number of para-hydroxylation sites is 2. The Morgan fingerprint density at radius 1 is 1.04 bits per heavy atom. The lowest BCUT2D eigenvalue weighted by atomic mass is 10.2. The number of hydrogen-bond acceptors (Lipinski definition) is 5. The fraction of sp³-hybridized carbons (Fsp3) is 0.105. The van der Waals surface area contributed by atoms with Gasteiger partial charge in [0.25, 0.3) is 5.91 Å². The molecule has 3 aromatic rings. The second kappa shape index (κ2) is 8.31. The summed E-state index contributed by atoms with van der Waals surface area (Å²) < 4.78 is 5.21. The van der Waals surface area contributed by atoms with E-state index in [9.17, 15) is 4.79 Å². The van der Waals surface area contributed by atoms with Gasteiger partial charge < -0.3 is 15.4 Å². The molecule has 0 aliphatic carbocycles. The number of aromatic nitrogens is 2. The highest BCUT2D eigenvalue weighted by Gasteiger charge is 2.11. The van der Waals surface area contributed by atoms with Gasteiger partial charge in [0.2, 0.25) is 0 Å². The van der Waals surface area contributed by atoms with E-state index in [2.05, 4.69) is 20.8 Å². The molecular formula is C19H17ClN4O2. The number of rotatable bonds is 6. The predicted molar refractivity (Wildman–Crippen MR) is 102 cm³/mol. The first-order valence-electron chi connectivity index (χ1n) is 7.93. The van der Waals surface area contributed by atoms with Crippen molar-refractivity contribution in [2.24, 2.45) is 0 Å². The maximum absolute atomic E-state index is 12.3. The van der Waals surface area contributed by atoms with E-state index >= 15 is 0 Å². The zero-order valence-electron chi connectivity index (χ0n) is 14.1. The lowest BCUT2D eigenvalue weighted by molar-refractivity contribution is 0.102. The minimum atomic E-state index is -0.361. The molecule has 0 radical (unpaired) electrons. The summed E-state index contributed by atoms with van der Waals surface area (Å²) in [5.74, 6) is 0.769. The number of nitrogens with one attached hydrogen (secondary N) is 2. The second-order valence-corrected chi connectivity index (χ2v) is 5.81. The minimum absolute atomic E-state index is 0.208. The monoisotopic (exact) mass is 368 g/mol. The molecule has 0 spiro atoms. The van der Waals surface area contributed by atoms with Gasteiger partial charge in [0.05, 0.1) is 12.8 Å². The number of carbonyl (C=O) groups is 1. The molecule has 1 aromatic heterocycles. The Morgan fingerprint density at radius 3 is 2.54 bits per heavy atom. The van der Waals surface area contributed by atoms with Crippen LogP contribution in [0, 0.1) is 0 Å². The van der Waals surface area contributed by atoms with Crippen LogP contribution in [0.2, 0.25) is 5.02 Å². The standard InChI is InChI=1S/C19H17ClN4O2/c1-26-17-9-5-4-8-15(17)22-19(25)16-10-11-18(24-23-16)21-12-13-6-2-3-7-14(13)20/h2-11H,12H2,1H3,(H,21,24)(H,22,25). The summed E-state index contributed by atoms with van der Waals surface area (Å²) in [6.45, 7) is 0.515. The van der Waals surface area contributed by atoms with Crippen LogP contribution in [0.4, 0.5) is 11.5 Å². The van der Waals surface area contributed by atoms with Crippen molar-refractivity contribution >= 4 is 29.0 Å². The van der Waals surface area contributed by atoms with Gasteiger partial charge in [0.15, 0.2) is 5.69 Å². The van der Waals surface area contributed by atoms with E-state index in [4.69, 9.17) is 16.3 Å². The quantitative estimate of drug-likeness (QED) is 0.687. The highest BCUT2D eigenvalue weighted by Crippen LogP contribution is 2.23. The Kier molecular flexibility index (Phi) is 5.66. The van der Waals surface area contributed by atoms with Crippen LogP contribution in [-0.2, 0) is 6.54 Å². The van der Waals surface area contributed by atoms with Crippen molar-refractivity contribution in [1.82, 2.24) is 10.2 Å². The number of nitrogens with zero attached hydrogens (tertiary/aromatic N) is 2. The van der Waals surface area contributed by atoms with Gasteiger partial charge in [0, 0.05) is 11.6 Å². The number of amides is 1. The zero-order chi connectivity index (χ0) is 18.4. The maximum atomic E-state index is 12.3. The Hall–Kier alpha value is -3.12. The van der Waals surface area contributed by atoms with E-state index in [1.165, 1.54) is 0 Å². The molecule has 0 saturated carbocycles. The lowest BCUT2D eigenvalue weighted by Gasteiger charge is -2.10. The Labute approximate surface area is 156 Å². The molecular weight excluding hydrogens is 352 g/mol. The predicted octanol–water partition coefficient (Wildman–Crippen LogP) is 4.00. The van der Waals surface area contributed by atoms with E-state index in [1.807, 2.05) is 36.4 Å². The van der Waals surface area contributed by atoms with Gasteiger partial charge in [-0.15, -0.1) is 10.2 Å². The molecule has 26 heavy (non-hydrogen) atoms. The first-order chi connectivity index (χ1) is 12.7. The van der Waals surface area contributed by atoms with Crippen molar-refractivity contribution in [3.05, 3.63) is 76.9 Å². The molecule has 3 rings (SSSR count). The molecule has 1 amide bonds. The summed E-state index contributed by atoms with van der Waals surface area (Å²) in [7, 11) is 1.55. The molecule has 2 aromatic carbocycles. The molecule has 0 aliphatic heterocycles. The number of carbonyl (C=O) groups excluding carboxylic acids is 1. The van der Waals surface area contributed by atoms with Crippen LogP contribution in [0.15, 0.2) is 60.7 Å².